The van der Waals surface area contributed by atoms with E-state index in [0.717, 1.165) is 37.4 Å². The lowest BCUT2D eigenvalue weighted by molar-refractivity contribution is -0.123. The first kappa shape index (κ1) is 16.6. The maximum absolute atomic E-state index is 14.1. The topological polar surface area (TPSA) is 20.3 Å². The van der Waals surface area contributed by atoms with Gasteiger partial charge in [-0.25, -0.2) is 8.78 Å². The van der Waals surface area contributed by atoms with E-state index in [1.807, 2.05) is 30.3 Å². The molecular weight excluding hydrogens is 308 g/mol. The normalized spacial score (nSPS) is 15.2. The number of rotatable bonds is 4. The molecule has 0 heterocycles. The quantitative estimate of drug-likeness (QED) is 0.766. The molecule has 0 radical (unpaired) electrons. The lowest BCUT2D eigenvalue weighted by atomic mass is 9.88. The second-order valence-electron chi connectivity index (χ2n) is 6.33. The molecule has 1 aliphatic carbocycles. The van der Waals surface area contributed by atoms with Crippen molar-refractivity contribution < 1.29 is 13.6 Å². The number of hydrogen-bond acceptors (Lipinski definition) is 1. The van der Waals surface area contributed by atoms with Crippen molar-refractivity contribution in [3.63, 3.8) is 0 Å². The van der Waals surface area contributed by atoms with Gasteiger partial charge in [0.15, 0.2) is 0 Å². The fourth-order valence-corrected chi connectivity index (χ4v) is 3.29. The average Bonchev–Trinajstić information content (AvgIpc) is 2.62. The predicted octanol–water partition coefficient (Wildman–Crippen LogP) is 5.08. The third-order valence-corrected chi connectivity index (χ3v) is 4.63. The second kappa shape index (κ2) is 7.56. The van der Waals surface area contributed by atoms with E-state index in [-0.39, 0.29) is 18.4 Å². The summed E-state index contributed by atoms with van der Waals surface area (Å²) in [7, 11) is 0. The first-order valence-electron chi connectivity index (χ1n) is 8.45. The molecule has 0 saturated heterocycles. The van der Waals surface area contributed by atoms with Crippen LogP contribution in [-0.4, -0.2) is 5.91 Å². The molecule has 0 unspecified atom stereocenters. The van der Waals surface area contributed by atoms with Crippen molar-refractivity contribution in [2.45, 2.75) is 38.6 Å². The second-order valence-corrected chi connectivity index (χ2v) is 6.33. The number of hydrogen-bond donors (Lipinski definition) is 0. The van der Waals surface area contributed by atoms with E-state index >= 15 is 0 Å². The Morgan fingerprint density at radius 3 is 2.38 bits per heavy atom. The molecule has 0 aromatic heterocycles. The van der Waals surface area contributed by atoms with Crippen LogP contribution in [0.4, 0.5) is 14.5 Å². The minimum atomic E-state index is -0.618. The number of para-hydroxylation sites is 1. The third kappa shape index (κ3) is 3.81. The number of anilines is 1. The zero-order valence-corrected chi connectivity index (χ0v) is 13.6. The van der Waals surface area contributed by atoms with E-state index in [2.05, 4.69) is 0 Å². The number of carbonyl (C=O) groups excluding carboxylic acids is 1. The Morgan fingerprint density at radius 1 is 1.00 bits per heavy atom. The SMILES string of the molecule is O=C(C1CCCCC1)N(Cc1ccc(F)cc1F)c1ccccc1. The fraction of sp³-hybridized carbons (Fsp3) is 0.350. The summed E-state index contributed by atoms with van der Waals surface area (Å²) in [6.45, 7) is 0.117. The molecule has 3 rings (SSSR count). The van der Waals surface area contributed by atoms with Crippen LogP contribution in [0.25, 0.3) is 0 Å². The van der Waals surface area contributed by atoms with Gasteiger partial charge in [0.05, 0.1) is 6.54 Å². The van der Waals surface area contributed by atoms with Gasteiger partial charge in [0.25, 0.3) is 0 Å². The smallest absolute Gasteiger partial charge is 0.230 e. The molecule has 0 bridgehead atoms. The fourth-order valence-electron chi connectivity index (χ4n) is 3.29. The van der Waals surface area contributed by atoms with Crippen LogP contribution in [0.1, 0.15) is 37.7 Å². The molecule has 1 amide bonds. The minimum absolute atomic E-state index is 0.0116. The Hall–Kier alpha value is -2.23. The number of benzene rings is 2. The number of carbonyl (C=O) groups is 1. The monoisotopic (exact) mass is 329 g/mol. The van der Waals surface area contributed by atoms with Crippen molar-refractivity contribution >= 4 is 11.6 Å². The molecular formula is C20H21F2NO. The van der Waals surface area contributed by atoms with Gasteiger partial charge < -0.3 is 4.90 Å². The predicted molar refractivity (Wildman–Crippen MR) is 90.6 cm³/mol. The van der Waals surface area contributed by atoms with Crippen LogP contribution in [0.2, 0.25) is 0 Å². The van der Waals surface area contributed by atoms with Crippen LogP contribution in [-0.2, 0) is 11.3 Å². The van der Waals surface area contributed by atoms with Crippen LogP contribution in [0.3, 0.4) is 0 Å². The molecule has 126 valence electrons. The molecule has 1 saturated carbocycles. The van der Waals surface area contributed by atoms with E-state index in [1.165, 1.54) is 18.6 Å². The molecule has 0 N–H and O–H groups in total. The highest BCUT2D eigenvalue weighted by Gasteiger charge is 2.27. The van der Waals surface area contributed by atoms with Gasteiger partial charge in [-0.15, -0.1) is 0 Å². The molecule has 1 fully saturated rings. The summed E-state index contributed by atoms with van der Waals surface area (Å²) in [5, 5.41) is 0. The molecule has 2 nitrogen and oxygen atoms in total. The Morgan fingerprint density at radius 2 is 1.71 bits per heavy atom. The summed E-state index contributed by atoms with van der Waals surface area (Å²) in [6, 6.07) is 12.8. The highest BCUT2D eigenvalue weighted by atomic mass is 19.1. The van der Waals surface area contributed by atoms with E-state index in [9.17, 15) is 13.6 Å². The first-order valence-corrected chi connectivity index (χ1v) is 8.45. The summed E-state index contributed by atoms with van der Waals surface area (Å²) < 4.78 is 27.2. The van der Waals surface area contributed by atoms with E-state index in [1.54, 1.807) is 4.90 Å². The van der Waals surface area contributed by atoms with Gasteiger partial charge in [-0.05, 0) is 31.0 Å². The minimum Gasteiger partial charge on any atom is -0.308 e. The number of halogens is 2. The maximum atomic E-state index is 14.1. The Balaban J connectivity index is 1.88. The summed E-state index contributed by atoms with van der Waals surface area (Å²) in [5.74, 6) is -1.21. The highest BCUT2D eigenvalue weighted by Crippen LogP contribution is 2.29. The van der Waals surface area contributed by atoms with Gasteiger partial charge in [-0.2, -0.15) is 0 Å². The van der Waals surface area contributed by atoms with Gasteiger partial charge in [0, 0.05) is 23.2 Å². The third-order valence-electron chi connectivity index (χ3n) is 4.63. The van der Waals surface area contributed by atoms with E-state index in [0.29, 0.717) is 5.56 Å². The van der Waals surface area contributed by atoms with E-state index in [4.69, 9.17) is 0 Å². The van der Waals surface area contributed by atoms with E-state index < -0.39 is 11.6 Å². The molecule has 24 heavy (non-hydrogen) atoms. The molecule has 2 aromatic carbocycles. The molecule has 4 heteroatoms. The molecule has 0 atom stereocenters. The number of nitrogens with zero attached hydrogens (tertiary/aromatic N) is 1. The Bertz CT molecular complexity index is 696. The molecule has 1 aliphatic rings. The lowest BCUT2D eigenvalue weighted by Crippen LogP contribution is -2.37. The van der Waals surface area contributed by atoms with Gasteiger partial charge >= 0.3 is 0 Å². The number of amides is 1. The van der Waals surface area contributed by atoms with Crippen LogP contribution < -0.4 is 4.90 Å². The largest absolute Gasteiger partial charge is 0.308 e. The van der Waals surface area contributed by atoms with Crippen molar-refractivity contribution in [2.75, 3.05) is 4.90 Å². The van der Waals surface area contributed by atoms with Crippen LogP contribution in [0.15, 0.2) is 48.5 Å². The van der Waals surface area contributed by atoms with Gasteiger partial charge in [0.2, 0.25) is 5.91 Å². The zero-order valence-electron chi connectivity index (χ0n) is 13.6. The van der Waals surface area contributed by atoms with Crippen molar-refractivity contribution in [2.24, 2.45) is 5.92 Å². The van der Waals surface area contributed by atoms with Gasteiger partial charge in [-0.1, -0.05) is 43.5 Å². The van der Waals surface area contributed by atoms with Crippen LogP contribution in [0, 0.1) is 17.6 Å². The van der Waals surface area contributed by atoms with Crippen molar-refractivity contribution in [1.82, 2.24) is 0 Å². The van der Waals surface area contributed by atoms with Crippen LogP contribution >= 0.6 is 0 Å². The standard InChI is InChI=1S/C20H21F2NO/c21-17-12-11-16(19(22)13-17)14-23(18-9-5-2-6-10-18)20(24)15-7-3-1-4-8-15/h2,5-6,9-13,15H,1,3-4,7-8,14H2. The summed E-state index contributed by atoms with van der Waals surface area (Å²) in [5.41, 5.74) is 1.07. The molecule has 0 aliphatic heterocycles. The summed E-state index contributed by atoms with van der Waals surface area (Å²) in [4.78, 5) is 14.6. The Labute approximate surface area is 141 Å². The lowest BCUT2D eigenvalue weighted by Gasteiger charge is -2.29. The highest BCUT2D eigenvalue weighted by molar-refractivity contribution is 5.95. The molecule has 0 spiro atoms. The molecule has 2 aromatic rings. The average molecular weight is 329 g/mol. The van der Waals surface area contributed by atoms with Crippen LogP contribution in [0.5, 0.6) is 0 Å². The van der Waals surface area contributed by atoms with Gasteiger partial charge in [-0.3, -0.25) is 4.79 Å². The first-order chi connectivity index (χ1) is 11.6. The van der Waals surface area contributed by atoms with Crippen molar-refractivity contribution in [1.29, 1.82) is 0 Å². The zero-order chi connectivity index (χ0) is 16.9. The summed E-state index contributed by atoms with van der Waals surface area (Å²) in [6.07, 6.45) is 5.05. The summed E-state index contributed by atoms with van der Waals surface area (Å²) >= 11 is 0. The van der Waals surface area contributed by atoms with Crippen molar-refractivity contribution in [3.8, 4) is 0 Å². The van der Waals surface area contributed by atoms with Crippen molar-refractivity contribution in [3.05, 3.63) is 65.7 Å². The van der Waals surface area contributed by atoms with Gasteiger partial charge in [0.1, 0.15) is 11.6 Å². The maximum Gasteiger partial charge on any atom is 0.230 e. The Kier molecular flexibility index (Phi) is 5.24.